The highest BCUT2D eigenvalue weighted by Gasteiger charge is 2.32. The molecule has 0 unspecified atom stereocenters. The lowest BCUT2D eigenvalue weighted by Crippen LogP contribution is -2.06. The van der Waals surface area contributed by atoms with E-state index in [-0.39, 0.29) is 11.5 Å². The maximum atomic E-state index is 13.4. The number of aromatic hydroxyl groups is 1. The minimum absolute atomic E-state index is 0.0202. The van der Waals surface area contributed by atoms with Crippen molar-refractivity contribution in [2.24, 2.45) is 0 Å². The summed E-state index contributed by atoms with van der Waals surface area (Å²) < 4.78 is 55.3. The summed E-state index contributed by atoms with van der Waals surface area (Å²) >= 11 is 0. The molecule has 1 aromatic carbocycles. The Morgan fingerprint density at radius 2 is 1.74 bits per heavy atom. The lowest BCUT2D eigenvalue weighted by molar-refractivity contribution is -0.138. The molecule has 3 nitrogen and oxygen atoms in total. The first-order valence-corrected chi connectivity index (χ1v) is 5.06. The first-order valence-electron chi connectivity index (χ1n) is 5.06. The second-order valence-electron chi connectivity index (χ2n) is 3.60. The van der Waals surface area contributed by atoms with E-state index < -0.39 is 23.4 Å². The molecular formula is C12H7F4NO2. The van der Waals surface area contributed by atoms with Gasteiger partial charge in [0, 0.05) is 6.20 Å². The van der Waals surface area contributed by atoms with Crippen molar-refractivity contribution in [2.45, 2.75) is 6.18 Å². The van der Waals surface area contributed by atoms with Crippen molar-refractivity contribution in [1.29, 1.82) is 0 Å². The number of hydrogen-bond acceptors (Lipinski definition) is 3. The van der Waals surface area contributed by atoms with Crippen LogP contribution in [-0.2, 0) is 6.18 Å². The van der Waals surface area contributed by atoms with Gasteiger partial charge in [-0.1, -0.05) is 0 Å². The molecule has 0 spiro atoms. The molecule has 0 atom stereocenters. The topological polar surface area (TPSA) is 42.4 Å². The Morgan fingerprint density at radius 1 is 1.11 bits per heavy atom. The average Bonchev–Trinajstić information content (AvgIpc) is 2.33. The van der Waals surface area contributed by atoms with Crippen molar-refractivity contribution >= 4 is 0 Å². The minimum atomic E-state index is -4.66. The first-order chi connectivity index (χ1) is 8.86. The fourth-order valence-corrected chi connectivity index (χ4v) is 1.28. The molecule has 19 heavy (non-hydrogen) atoms. The summed E-state index contributed by atoms with van der Waals surface area (Å²) in [5.74, 6) is -1.67. The van der Waals surface area contributed by atoms with E-state index in [9.17, 15) is 17.6 Å². The van der Waals surface area contributed by atoms with Gasteiger partial charge in [-0.25, -0.2) is 9.37 Å². The second-order valence-corrected chi connectivity index (χ2v) is 3.60. The summed E-state index contributed by atoms with van der Waals surface area (Å²) in [6, 6.07) is 5.54. The van der Waals surface area contributed by atoms with Crippen LogP contribution in [0.4, 0.5) is 17.6 Å². The van der Waals surface area contributed by atoms with Gasteiger partial charge in [0.15, 0.2) is 5.82 Å². The predicted octanol–water partition coefficient (Wildman–Crippen LogP) is 3.74. The van der Waals surface area contributed by atoms with E-state index >= 15 is 0 Å². The number of phenolic OH excluding ortho intramolecular Hbond substituents is 1. The number of pyridine rings is 1. The zero-order valence-corrected chi connectivity index (χ0v) is 9.28. The zero-order valence-electron chi connectivity index (χ0n) is 9.28. The van der Waals surface area contributed by atoms with Crippen LogP contribution in [0.2, 0.25) is 0 Å². The number of ether oxygens (including phenoxy) is 1. The number of phenols is 1. The SMILES string of the molecule is Oc1ccc(Oc2ncc(C(F)(F)F)cc2F)cc1. The zero-order chi connectivity index (χ0) is 14.0. The summed E-state index contributed by atoms with van der Waals surface area (Å²) in [4.78, 5) is 3.28. The van der Waals surface area contributed by atoms with Gasteiger partial charge in [-0.2, -0.15) is 13.2 Å². The Morgan fingerprint density at radius 3 is 2.26 bits per heavy atom. The van der Waals surface area contributed by atoms with Crippen molar-refractivity contribution in [3.05, 3.63) is 47.9 Å². The Bertz CT molecular complexity index is 581. The van der Waals surface area contributed by atoms with Gasteiger partial charge < -0.3 is 9.84 Å². The van der Waals surface area contributed by atoms with Crippen LogP contribution in [0.3, 0.4) is 0 Å². The smallest absolute Gasteiger partial charge is 0.417 e. The molecule has 0 aliphatic carbocycles. The highest BCUT2D eigenvalue weighted by molar-refractivity contribution is 5.33. The van der Waals surface area contributed by atoms with E-state index in [0.717, 1.165) is 0 Å². The van der Waals surface area contributed by atoms with Crippen LogP contribution in [0.15, 0.2) is 36.5 Å². The first kappa shape index (κ1) is 13.1. The quantitative estimate of drug-likeness (QED) is 0.847. The number of alkyl halides is 3. The molecule has 0 fully saturated rings. The van der Waals surface area contributed by atoms with Crippen molar-refractivity contribution in [3.63, 3.8) is 0 Å². The number of nitrogens with zero attached hydrogens (tertiary/aromatic N) is 1. The van der Waals surface area contributed by atoms with E-state index in [4.69, 9.17) is 9.84 Å². The van der Waals surface area contributed by atoms with Gasteiger partial charge in [-0.3, -0.25) is 0 Å². The maximum Gasteiger partial charge on any atom is 0.417 e. The number of aromatic nitrogens is 1. The molecule has 0 amide bonds. The largest absolute Gasteiger partial charge is 0.508 e. The van der Waals surface area contributed by atoms with Crippen molar-refractivity contribution < 1.29 is 27.4 Å². The lowest BCUT2D eigenvalue weighted by atomic mass is 10.2. The van der Waals surface area contributed by atoms with E-state index in [1.54, 1.807) is 0 Å². The molecule has 0 saturated carbocycles. The van der Waals surface area contributed by atoms with Gasteiger partial charge in [0.25, 0.3) is 5.88 Å². The van der Waals surface area contributed by atoms with Crippen LogP contribution >= 0.6 is 0 Å². The normalized spacial score (nSPS) is 11.4. The summed E-state index contributed by atoms with van der Waals surface area (Å²) in [5, 5.41) is 9.03. The van der Waals surface area contributed by atoms with Gasteiger partial charge in [0.1, 0.15) is 11.5 Å². The molecule has 100 valence electrons. The van der Waals surface area contributed by atoms with Gasteiger partial charge >= 0.3 is 6.18 Å². The van der Waals surface area contributed by atoms with E-state index in [1.165, 1.54) is 24.3 Å². The number of benzene rings is 1. The van der Waals surface area contributed by atoms with Crippen LogP contribution in [0, 0.1) is 5.82 Å². The minimum Gasteiger partial charge on any atom is -0.508 e. The molecule has 2 rings (SSSR count). The van der Waals surface area contributed by atoms with Crippen LogP contribution in [0.25, 0.3) is 0 Å². The van der Waals surface area contributed by atoms with E-state index in [0.29, 0.717) is 12.3 Å². The average molecular weight is 273 g/mol. The molecular weight excluding hydrogens is 266 g/mol. The van der Waals surface area contributed by atoms with Crippen LogP contribution in [-0.4, -0.2) is 10.1 Å². The monoisotopic (exact) mass is 273 g/mol. The fourth-order valence-electron chi connectivity index (χ4n) is 1.28. The third-order valence-corrected chi connectivity index (χ3v) is 2.19. The second kappa shape index (κ2) is 4.75. The van der Waals surface area contributed by atoms with Crippen LogP contribution in [0.5, 0.6) is 17.4 Å². The molecule has 2 aromatic rings. The van der Waals surface area contributed by atoms with E-state index in [1.807, 2.05) is 0 Å². The predicted molar refractivity (Wildman–Crippen MR) is 57.4 cm³/mol. The van der Waals surface area contributed by atoms with Crippen LogP contribution < -0.4 is 4.74 Å². The number of halogens is 4. The fraction of sp³-hybridized carbons (Fsp3) is 0.0833. The van der Waals surface area contributed by atoms with Gasteiger partial charge in [-0.05, 0) is 30.3 Å². The molecule has 7 heteroatoms. The molecule has 0 bridgehead atoms. The standard InChI is InChI=1S/C12H7F4NO2/c13-10-5-7(12(14,15)16)6-17-11(10)19-9-3-1-8(18)2-4-9/h1-6,18H. The summed E-state index contributed by atoms with van der Waals surface area (Å²) in [6.45, 7) is 0. The van der Waals surface area contributed by atoms with Gasteiger partial charge in [0.2, 0.25) is 0 Å². The molecule has 0 saturated heterocycles. The third-order valence-electron chi connectivity index (χ3n) is 2.19. The summed E-state index contributed by atoms with van der Waals surface area (Å²) in [5.41, 5.74) is -1.19. The number of rotatable bonds is 2. The highest BCUT2D eigenvalue weighted by Crippen LogP contribution is 2.31. The van der Waals surface area contributed by atoms with Crippen molar-refractivity contribution in [1.82, 2.24) is 4.98 Å². The number of hydrogen-bond donors (Lipinski definition) is 1. The Kier molecular flexibility index (Phi) is 3.28. The third kappa shape index (κ3) is 3.12. The molecule has 0 aliphatic rings. The highest BCUT2D eigenvalue weighted by atomic mass is 19.4. The van der Waals surface area contributed by atoms with Crippen molar-refractivity contribution in [2.75, 3.05) is 0 Å². The summed E-state index contributed by atoms with van der Waals surface area (Å²) in [7, 11) is 0. The van der Waals surface area contributed by atoms with Gasteiger partial charge in [0.05, 0.1) is 5.56 Å². The molecule has 1 N–H and O–H groups in total. The van der Waals surface area contributed by atoms with Gasteiger partial charge in [-0.15, -0.1) is 0 Å². The maximum absolute atomic E-state index is 13.4. The van der Waals surface area contributed by atoms with Crippen LogP contribution in [0.1, 0.15) is 5.56 Å². The Balaban J connectivity index is 2.24. The molecule has 1 heterocycles. The lowest BCUT2D eigenvalue weighted by Gasteiger charge is -2.09. The van der Waals surface area contributed by atoms with Crippen molar-refractivity contribution in [3.8, 4) is 17.4 Å². The molecule has 0 radical (unpaired) electrons. The molecule has 1 aromatic heterocycles. The Labute approximate surface area is 105 Å². The Hall–Kier alpha value is -2.31. The van der Waals surface area contributed by atoms with E-state index in [2.05, 4.69) is 4.98 Å². The molecule has 0 aliphatic heterocycles. The summed E-state index contributed by atoms with van der Waals surface area (Å²) in [6.07, 6.45) is -4.18.